The number of nitrogens with zero attached hydrogens (tertiary/aromatic N) is 1. The summed E-state index contributed by atoms with van der Waals surface area (Å²) in [5.74, 6) is 0.303. The molecule has 0 spiro atoms. The van der Waals surface area contributed by atoms with Crippen molar-refractivity contribution in [3.8, 4) is 0 Å². The van der Waals surface area contributed by atoms with E-state index >= 15 is 0 Å². The predicted molar refractivity (Wildman–Crippen MR) is 64.0 cm³/mol. The Balaban J connectivity index is 2.48. The third kappa shape index (κ3) is 3.61. The summed E-state index contributed by atoms with van der Waals surface area (Å²) in [7, 11) is 1.64. The molecule has 0 heterocycles. The van der Waals surface area contributed by atoms with E-state index in [0.29, 0.717) is 19.7 Å². The highest BCUT2D eigenvalue weighted by Gasteiger charge is 2.30. The van der Waals surface area contributed by atoms with Crippen molar-refractivity contribution in [2.45, 2.75) is 25.3 Å². The lowest BCUT2D eigenvalue weighted by molar-refractivity contribution is -0.135. The molecule has 1 rings (SSSR count). The Morgan fingerprint density at radius 3 is 2.88 bits per heavy atom. The van der Waals surface area contributed by atoms with Crippen molar-refractivity contribution >= 4 is 5.91 Å². The van der Waals surface area contributed by atoms with Gasteiger partial charge in [-0.2, -0.15) is 0 Å². The minimum absolute atomic E-state index is 0.104. The van der Waals surface area contributed by atoms with Crippen molar-refractivity contribution in [1.82, 2.24) is 4.90 Å². The summed E-state index contributed by atoms with van der Waals surface area (Å²) in [6, 6.07) is 0.196. The predicted octanol–water partition coefficient (Wildman–Crippen LogP) is 0.775. The normalized spacial score (nSPS) is 24.4. The van der Waals surface area contributed by atoms with Crippen molar-refractivity contribution in [2.24, 2.45) is 11.7 Å². The van der Waals surface area contributed by atoms with E-state index in [4.69, 9.17) is 10.5 Å². The molecule has 2 N–H and O–H groups in total. The van der Waals surface area contributed by atoms with E-state index in [2.05, 4.69) is 6.58 Å². The molecule has 2 unspecified atom stereocenters. The molecule has 16 heavy (non-hydrogen) atoms. The van der Waals surface area contributed by atoms with E-state index < -0.39 is 0 Å². The Labute approximate surface area is 97.4 Å². The average Bonchev–Trinajstić information content (AvgIpc) is 2.70. The van der Waals surface area contributed by atoms with Crippen LogP contribution in [0.3, 0.4) is 0 Å². The fourth-order valence-corrected chi connectivity index (χ4v) is 2.15. The second-order valence-corrected chi connectivity index (χ2v) is 4.34. The SMILES string of the molecule is C=CCN(CCOC)C(=O)C1CCC(N)C1. The van der Waals surface area contributed by atoms with E-state index in [1.54, 1.807) is 18.1 Å². The highest BCUT2D eigenvalue weighted by Crippen LogP contribution is 2.25. The van der Waals surface area contributed by atoms with Gasteiger partial charge in [-0.05, 0) is 19.3 Å². The number of hydrogen-bond acceptors (Lipinski definition) is 3. The Morgan fingerprint density at radius 2 is 2.38 bits per heavy atom. The van der Waals surface area contributed by atoms with Crippen molar-refractivity contribution in [3.05, 3.63) is 12.7 Å². The molecule has 4 nitrogen and oxygen atoms in total. The Morgan fingerprint density at radius 1 is 1.62 bits per heavy atom. The summed E-state index contributed by atoms with van der Waals surface area (Å²) in [5, 5.41) is 0. The molecule has 92 valence electrons. The summed E-state index contributed by atoms with van der Waals surface area (Å²) >= 11 is 0. The summed E-state index contributed by atoms with van der Waals surface area (Å²) in [5.41, 5.74) is 5.82. The maximum atomic E-state index is 12.2. The zero-order chi connectivity index (χ0) is 12.0. The van der Waals surface area contributed by atoms with E-state index in [1.165, 1.54) is 0 Å². The molecule has 0 aliphatic heterocycles. The van der Waals surface area contributed by atoms with Gasteiger partial charge in [-0.15, -0.1) is 6.58 Å². The molecule has 0 saturated heterocycles. The molecule has 1 aliphatic carbocycles. The van der Waals surface area contributed by atoms with Crippen LogP contribution in [-0.2, 0) is 9.53 Å². The lowest BCUT2D eigenvalue weighted by Crippen LogP contribution is -2.38. The van der Waals surface area contributed by atoms with E-state index in [-0.39, 0.29) is 17.9 Å². The van der Waals surface area contributed by atoms with Crippen LogP contribution < -0.4 is 5.73 Å². The van der Waals surface area contributed by atoms with Gasteiger partial charge < -0.3 is 15.4 Å². The number of nitrogens with two attached hydrogens (primary N) is 1. The van der Waals surface area contributed by atoms with Crippen molar-refractivity contribution in [3.63, 3.8) is 0 Å². The van der Waals surface area contributed by atoms with Gasteiger partial charge in [0.15, 0.2) is 0 Å². The minimum atomic E-state index is 0.104. The second-order valence-electron chi connectivity index (χ2n) is 4.34. The van der Waals surface area contributed by atoms with Crippen LogP contribution in [0.25, 0.3) is 0 Å². The van der Waals surface area contributed by atoms with Crippen LogP contribution in [0.1, 0.15) is 19.3 Å². The van der Waals surface area contributed by atoms with Gasteiger partial charge >= 0.3 is 0 Å². The number of carbonyl (C=O) groups excluding carboxylic acids is 1. The largest absolute Gasteiger partial charge is 0.383 e. The topological polar surface area (TPSA) is 55.6 Å². The number of rotatable bonds is 6. The second kappa shape index (κ2) is 6.66. The first-order chi connectivity index (χ1) is 7.69. The molecular weight excluding hydrogens is 204 g/mol. The molecule has 2 atom stereocenters. The molecule has 0 bridgehead atoms. The summed E-state index contributed by atoms with van der Waals surface area (Å²) < 4.78 is 5.00. The molecule has 1 saturated carbocycles. The van der Waals surface area contributed by atoms with Crippen molar-refractivity contribution in [2.75, 3.05) is 26.8 Å². The van der Waals surface area contributed by atoms with Crippen molar-refractivity contribution in [1.29, 1.82) is 0 Å². The smallest absolute Gasteiger partial charge is 0.226 e. The molecule has 0 radical (unpaired) electrons. The van der Waals surface area contributed by atoms with Crippen molar-refractivity contribution < 1.29 is 9.53 Å². The average molecular weight is 226 g/mol. The zero-order valence-electron chi connectivity index (χ0n) is 10.0. The van der Waals surface area contributed by atoms with Gasteiger partial charge in [-0.1, -0.05) is 6.08 Å². The third-order valence-corrected chi connectivity index (χ3v) is 3.05. The Bertz CT molecular complexity index is 243. The molecular formula is C12H22N2O2. The lowest BCUT2D eigenvalue weighted by Gasteiger charge is -2.24. The standard InChI is InChI=1S/C12H22N2O2/c1-3-6-14(7-8-16-2)12(15)10-4-5-11(13)9-10/h3,10-11H,1,4-9,13H2,2H3. The van der Waals surface area contributed by atoms with E-state index in [1.807, 2.05) is 0 Å². The van der Waals surface area contributed by atoms with Crippen LogP contribution >= 0.6 is 0 Å². The fraction of sp³-hybridized carbons (Fsp3) is 0.750. The highest BCUT2D eigenvalue weighted by atomic mass is 16.5. The monoisotopic (exact) mass is 226 g/mol. The van der Waals surface area contributed by atoms with Gasteiger partial charge in [0.05, 0.1) is 6.61 Å². The van der Waals surface area contributed by atoms with Gasteiger partial charge in [0.25, 0.3) is 0 Å². The van der Waals surface area contributed by atoms with Crippen LogP contribution in [0.4, 0.5) is 0 Å². The molecule has 1 fully saturated rings. The first-order valence-corrected chi connectivity index (χ1v) is 5.83. The molecule has 4 heteroatoms. The number of carbonyl (C=O) groups is 1. The van der Waals surface area contributed by atoms with Gasteiger partial charge in [0, 0.05) is 32.2 Å². The number of methoxy groups -OCH3 is 1. The summed E-state index contributed by atoms with van der Waals surface area (Å²) in [6.45, 7) is 5.46. The maximum absolute atomic E-state index is 12.2. The molecule has 1 aliphatic rings. The maximum Gasteiger partial charge on any atom is 0.226 e. The van der Waals surface area contributed by atoms with Gasteiger partial charge in [-0.3, -0.25) is 4.79 Å². The Hall–Kier alpha value is -0.870. The lowest BCUT2D eigenvalue weighted by atomic mass is 10.1. The van der Waals surface area contributed by atoms with Crippen LogP contribution in [0, 0.1) is 5.92 Å². The van der Waals surface area contributed by atoms with Gasteiger partial charge in [0.2, 0.25) is 5.91 Å². The van der Waals surface area contributed by atoms with Gasteiger partial charge in [-0.25, -0.2) is 0 Å². The van der Waals surface area contributed by atoms with Crippen LogP contribution in [0.15, 0.2) is 12.7 Å². The van der Waals surface area contributed by atoms with E-state index in [0.717, 1.165) is 19.3 Å². The molecule has 0 aromatic heterocycles. The number of ether oxygens (including phenoxy) is 1. The van der Waals surface area contributed by atoms with Gasteiger partial charge in [0.1, 0.15) is 0 Å². The first-order valence-electron chi connectivity index (χ1n) is 5.83. The van der Waals surface area contributed by atoms with Crippen LogP contribution in [0.2, 0.25) is 0 Å². The fourth-order valence-electron chi connectivity index (χ4n) is 2.15. The van der Waals surface area contributed by atoms with E-state index in [9.17, 15) is 4.79 Å². The van der Waals surface area contributed by atoms with Crippen LogP contribution in [-0.4, -0.2) is 43.7 Å². The number of hydrogen-bond donors (Lipinski definition) is 1. The highest BCUT2D eigenvalue weighted by molar-refractivity contribution is 5.79. The molecule has 1 amide bonds. The first kappa shape index (κ1) is 13.2. The Kier molecular flexibility index (Phi) is 5.49. The summed E-state index contributed by atoms with van der Waals surface area (Å²) in [4.78, 5) is 14.0. The third-order valence-electron chi connectivity index (χ3n) is 3.05. The summed E-state index contributed by atoms with van der Waals surface area (Å²) in [6.07, 6.45) is 4.45. The quantitative estimate of drug-likeness (QED) is 0.681. The number of amides is 1. The zero-order valence-corrected chi connectivity index (χ0v) is 10.0. The van der Waals surface area contributed by atoms with Crippen LogP contribution in [0.5, 0.6) is 0 Å². The minimum Gasteiger partial charge on any atom is -0.383 e. The molecule has 0 aromatic rings. The molecule has 0 aromatic carbocycles.